The molecular weight excluding hydrogens is 451 g/mol. The van der Waals surface area contributed by atoms with E-state index in [0.29, 0.717) is 10.8 Å². The summed E-state index contributed by atoms with van der Waals surface area (Å²) in [4.78, 5) is 28.2. The van der Waals surface area contributed by atoms with Crippen molar-refractivity contribution in [2.24, 2.45) is 0 Å². The van der Waals surface area contributed by atoms with Gasteiger partial charge in [-0.25, -0.2) is 9.36 Å². The summed E-state index contributed by atoms with van der Waals surface area (Å²) in [6.07, 6.45) is 0. The Morgan fingerprint density at radius 3 is 1.40 bits per heavy atom. The van der Waals surface area contributed by atoms with E-state index in [0.717, 1.165) is 22.3 Å². The van der Waals surface area contributed by atoms with Crippen molar-refractivity contribution in [2.45, 2.75) is 25.4 Å². The largest absolute Gasteiger partial charge is 0.274 e. The van der Waals surface area contributed by atoms with E-state index in [2.05, 4.69) is 50.2 Å². The maximum atomic E-state index is 14.1. The molecule has 5 heteroatoms. The molecule has 0 fully saturated rings. The minimum atomic E-state index is -1.05. The molecule has 5 aromatic rings. The Kier molecular flexibility index (Phi) is 5.27. The van der Waals surface area contributed by atoms with Crippen LogP contribution in [0, 0.1) is 13.8 Å². The van der Waals surface area contributed by atoms with E-state index < -0.39 is 7.92 Å². The summed E-state index contributed by atoms with van der Waals surface area (Å²) in [6, 6.07) is 34.1. The van der Waals surface area contributed by atoms with Crippen molar-refractivity contribution in [3.8, 4) is 0 Å². The lowest BCUT2D eigenvalue weighted by Crippen LogP contribution is -2.37. The highest BCUT2D eigenvalue weighted by Gasteiger charge is 2.45. The van der Waals surface area contributed by atoms with Crippen LogP contribution in [-0.4, -0.2) is 9.36 Å². The molecule has 2 heterocycles. The molecule has 2 atom stereocenters. The summed E-state index contributed by atoms with van der Waals surface area (Å²) in [7, 11) is -1.05. The van der Waals surface area contributed by atoms with Crippen LogP contribution >= 0.6 is 7.92 Å². The van der Waals surface area contributed by atoms with E-state index in [9.17, 15) is 9.59 Å². The van der Waals surface area contributed by atoms with Crippen molar-refractivity contribution in [3.05, 3.63) is 146 Å². The molecule has 2 unspecified atom stereocenters. The van der Waals surface area contributed by atoms with Crippen LogP contribution in [0.5, 0.6) is 0 Å². The highest BCUT2D eigenvalue weighted by atomic mass is 31.1. The van der Waals surface area contributed by atoms with Crippen LogP contribution in [-0.2, 0) is 0 Å². The average Bonchev–Trinajstić information content (AvgIpc) is 3.24. The minimum Gasteiger partial charge on any atom is -0.267 e. The third-order valence-corrected chi connectivity index (χ3v) is 9.96. The smallest absolute Gasteiger partial charge is 0.267 e. The van der Waals surface area contributed by atoms with Gasteiger partial charge in [-0.1, -0.05) is 91.0 Å². The predicted octanol–water partition coefficient (Wildman–Crippen LogP) is 5.69. The molecule has 1 aliphatic rings. The molecule has 1 aromatic heterocycles. The van der Waals surface area contributed by atoms with Crippen molar-refractivity contribution in [2.75, 3.05) is 0 Å². The first-order chi connectivity index (χ1) is 17.1. The molecule has 4 nitrogen and oxygen atoms in total. The van der Waals surface area contributed by atoms with Gasteiger partial charge in [-0.3, -0.25) is 9.59 Å². The summed E-state index contributed by atoms with van der Waals surface area (Å²) < 4.78 is 3.53. The van der Waals surface area contributed by atoms with Gasteiger partial charge in [0.2, 0.25) is 0 Å². The number of fused-ring (bicyclic) bond motifs is 2. The number of nitrogens with zero attached hydrogens (tertiary/aromatic N) is 2. The Labute approximate surface area is 204 Å². The minimum absolute atomic E-state index is 0.118. The Morgan fingerprint density at radius 2 is 0.943 bits per heavy atom. The predicted molar refractivity (Wildman–Crippen MR) is 144 cm³/mol. The fraction of sp³-hybridized carbons (Fsp3) is 0.133. The Morgan fingerprint density at radius 1 is 0.543 bits per heavy atom. The molecule has 35 heavy (non-hydrogen) atoms. The maximum absolute atomic E-state index is 14.1. The van der Waals surface area contributed by atoms with Crippen LogP contribution in [0.2, 0.25) is 0 Å². The standard InChI is InChI=1S/C30H25N2O2P/c1-20-12-6-8-16-23(20)29-31-27(33)25-18-10-11-19-26(25)28(34)32(31)30(24-17-9-7-13-21(24)2)35(29)22-14-4-3-5-15-22/h3-19,29-30H,1-2H3. The maximum Gasteiger partial charge on any atom is 0.274 e. The second kappa shape index (κ2) is 8.48. The zero-order valence-electron chi connectivity index (χ0n) is 19.6. The SMILES string of the molecule is Cc1ccccc1C1n2c(=O)c3ccccc3c(=O)n2C(c2ccccc2C)P1c1ccccc1. The molecule has 1 aliphatic heterocycles. The van der Waals surface area contributed by atoms with Crippen LogP contribution in [0.3, 0.4) is 0 Å². The van der Waals surface area contributed by atoms with Crippen LogP contribution in [0.15, 0.2) is 113 Å². The van der Waals surface area contributed by atoms with Gasteiger partial charge in [0, 0.05) is 0 Å². The van der Waals surface area contributed by atoms with Gasteiger partial charge in [0.15, 0.2) is 0 Å². The lowest BCUT2D eigenvalue weighted by molar-refractivity contribution is 0.492. The normalized spacial score (nSPS) is 19.1. The van der Waals surface area contributed by atoms with Crippen LogP contribution in [0.1, 0.15) is 33.8 Å². The molecule has 0 spiro atoms. The van der Waals surface area contributed by atoms with E-state index in [1.807, 2.05) is 54.6 Å². The molecule has 0 bridgehead atoms. The average molecular weight is 477 g/mol. The van der Waals surface area contributed by atoms with E-state index >= 15 is 0 Å². The van der Waals surface area contributed by atoms with Crippen molar-refractivity contribution >= 4 is 24.0 Å². The van der Waals surface area contributed by atoms with Gasteiger partial charge >= 0.3 is 0 Å². The van der Waals surface area contributed by atoms with E-state index in [1.54, 1.807) is 21.5 Å². The van der Waals surface area contributed by atoms with Gasteiger partial charge in [-0.15, -0.1) is 0 Å². The van der Waals surface area contributed by atoms with Gasteiger partial charge in [0.1, 0.15) is 11.6 Å². The van der Waals surface area contributed by atoms with Gasteiger partial charge in [0.05, 0.1) is 10.8 Å². The molecule has 0 radical (unpaired) electrons. The van der Waals surface area contributed by atoms with Crippen molar-refractivity contribution in [1.29, 1.82) is 0 Å². The Balaban J connectivity index is 1.80. The van der Waals surface area contributed by atoms with Crippen molar-refractivity contribution in [3.63, 3.8) is 0 Å². The zero-order chi connectivity index (χ0) is 24.1. The third-order valence-electron chi connectivity index (χ3n) is 7.01. The first-order valence-corrected chi connectivity index (χ1v) is 13.3. The molecule has 6 rings (SSSR count). The van der Waals surface area contributed by atoms with Crippen LogP contribution in [0.25, 0.3) is 10.8 Å². The van der Waals surface area contributed by atoms with E-state index in [-0.39, 0.29) is 22.7 Å². The molecule has 0 saturated heterocycles. The highest BCUT2D eigenvalue weighted by Crippen LogP contribution is 2.65. The number of aryl methyl sites for hydroxylation is 2. The fourth-order valence-electron chi connectivity index (χ4n) is 5.32. The van der Waals surface area contributed by atoms with Gasteiger partial charge in [0.25, 0.3) is 11.1 Å². The Bertz CT molecular complexity index is 1580. The molecule has 0 aliphatic carbocycles. The molecular formula is C30H25N2O2P. The monoisotopic (exact) mass is 476 g/mol. The number of hydrogen-bond acceptors (Lipinski definition) is 2. The van der Waals surface area contributed by atoms with Crippen LogP contribution < -0.4 is 16.4 Å². The van der Waals surface area contributed by atoms with Crippen molar-refractivity contribution in [1.82, 2.24) is 9.36 Å². The van der Waals surface area contributed by atoms with Crippen molar-refractivity contribution < 1.29 is 0 Å². The van der Waals surface area contributed by atoms with E-state index in [4.69, 9.17) is 0 Å². The fourth-order valence-corrected chi connectivity index (χ4v) is 8.76. The van der Waals surface area contributed by atoms with Gasteiger partial charge < -0.3 is 0 Å². The lowest BCUT2D eigenvalue weighted by Gasteiger charge is -2.27. The first kappa shape index (κ1) is 21.8. The summed E-state index contributed by atoms with van der Waals surface area (Å²) in [5.41, 5.74) is 4.17. The summed E-state index contributed by atoms with van der Waals surface area (Å²) in [5.74, 6) is -0.522. The van der Waals surface area contributed by atoms with Crippen LogP contribution in [0.4, 0.5) is 0 Å². The number of benzene rings is 4. The second-order valence-corrected chi connectivity index (χ2v) is 11.4. The number of aromatic nitrogens is 2. The zero-order valence-corrected chi connectivity index (χ0v) is 20.5. The van der Waals surface area contributed by atoms with E-state index in [1.165, 1.54) is 5.30 Å². The summed E-state index contributed by atoms with van der Waals surface area (Å²) >= 11 is 0. The van der Waals surface area contributed by atoms with Gasteiger partial charge in [-0.05, 0) is 61.5 Å². The molecule has 0 N–H and O–H groups in total. The quantitative estimate of drug-likeness (QED) is 0.314. The molecule has 4 aromatic carbocycles. The number of rotatable bonds is 3. The summed E-state index contributed by atoms with van der Waals surface area (Å²) in [6.45, 7) is 4.17. The highest BCUT2D eigenvalue weighted by molar-refractivity contribution is 7.66. The second-order valence-electron chi connectivity index (χ2n) is 9.05. The Hall–Kier alpha value is -3.75. The topological polar surface area (TPSA) is 44.0 Å². The van der Waals surface area contributed by atoms with Gasteiger partial charge in [-0.2, -0.15) is 0 Å². The molecule has 0 saturated carbocycles. The lowest BCUT2D eigenvalue weighted by atomic mass is 10.1. The number of hydrogen-bond donors (Lipinski definition) is 0. The summed E-state index contributed by atoms with van der Waals surface area (Å²) in [5, 5.41) is 2.12. The molecule has 0 amide bonds. The first-order valence-electron chi connectivity index (χ1n) is 11.8. The third kappa shape index (κ3) is 3.32. The molecule has 172 valence electrons.